The van der Waals surface area contributed by atoms with Crippen LogP contribution in [0.3, 0.4) is 0 Å². The summed E-state index contributed by atoms with van der Waals surface area (Å²) >= 11 is 0. The zero-order valence-corrected chi connectivity index (χ0v) is 11.9. The van der Waals surface area contributed by atoms with Gasteiger partial charge in [0.15, 0.2) is 0 Å². The van der Waals surface area contributed by atoms with Crippen LogP contribution in [-0.4, -0.2) is 54.3 Å². The van der Waals surface area contributed by atoms with Gasteiger partial charge in [0.05, 0.1) is 24.9 Å². The summed E-state index contributed by atoms with van der Waals surface area (Å²) in [6, 6.07) is 0.346. The number of nitrogens with one attached hydrogen (secondary N) is 1. The number of hydrogen-bond acceptors (Lipinski definition) is 4. The van der Waals surface area contributed by atoms with E-state index in [9.17, 15) is 0 Å². The van der Waals surface area contributed by atoms with E-state index in [0.717, 1.165) is 38.7 Å². The summed E-state index contributed by atoms with van der Waals surface area (Å²) in [5, 5.41) is 3.29. The molecule has 0 amide bonds. The molecule has 1 unspecified atom stereocenters. The van der Waals surface area contributed by atoms with Gasteiger partial charge in [0.25, 0.3) is 0 Å². The number of ether oxygens (including phenoxy) is 1. The van der Waals surface area contributed by atoms with Crippen LogP contribution in [0.25, 0.3) is 0 Å². The molecule has 0 aromatic carbocycles. The SMILES string of the molecule is CNCC(c1nc(C)n(C)c1C)N1CCOCC1. The molecule has 0 aliphatic carbocycles. The van der Waals surface area contributed by atoms with Crippen molar-refractivity contribution < 1.29 is 4.74 Å². The van der Waals surface area contributed by atoms with Gasteiger partial charge in [-0.25, -0.2) is 4.98 Å². The van der Waals surface area contributed by atoms with Crippen molar-refractivity contribution in [3.8, 4) is 0 Å². The minimum absolute atomic E-state index is 0.346. The van der Waals surface area contributed by atoms with Gasteiger partial charge in [0.2, 0.25) is 0 Å². The molecule has 2 heterocycles. The first kappa shape index (κ1) is 13.5. The average Bonchev–Trinajstić information content (AvgIpc) is 2.65. The predicted molar refractivity (Wildman–Crippen MR) is 71.7 cm³/mol. The van der Waals surface area contributed by atoms with Crippen molar-refractivity contribution in [2.24, 2.45) is 7.05 Å². The molecular formula is C13H24N4O. The van der Waals surface area contributed by atoms with Gasteiger partial charge in [-0.15, -0.1) is 0 Å². The topological polar surface area (TPSA) is 42.3 Å². The van der Waals surface area contributed by atoms with Crippen molar-refractivity contribution in [1.29, 1.82) is 0 Å². The number of likely N-dealkylation sites (N-methyl/N-ethyl adjacent to an activating group) is 1. The maximum atomic E-state index is 5.44. The number of hydrogen-bond donors (Lipinski definition) is 1. The van der Waals surface area contributed by atoms with Gasteiger partial charge < -0.3 is 14.6 Å². The van der Waals surface area contributed by atoms with Gasteiger partial charge in [0, 0.05) is 32.4 Å². The largest absolute Gasteiger partial charge is 0.379 e. The molecule has 1 aromatic heterocycles. The Balaban J connectivity index is 2.25. The molecule has 1 fully saturated rings. The summed E-state index contributed by atoms with van der Waals surface area (Å²) in [4.78, 5) is 7.21. The highest BCUT2D eigenvalue weighted by Crippen LogP contribution is 2.23. The number of morpholine rings is 1. The third-order valence-electron chi connectivity index (χ3n) is 3.84. The van der Waals surface area contributed by atoms with Gasteiger partial charge in [0.1, 0.15) is 5.82 Å². The van der Waals surface area contributed by atoms with Crippen molar-refractivity contribution in [3.63, 3.8) is 0 Å². The number of aromatic nitrogens is 2. The van der Waals surface area contributed by atoms with Gasteiger partial charge >= 0.3 is 0 Å². The van der Waals surface area contributed by atoms with Crippen molar-refractivity contribution in [1.82, 2.24) is 19.8 Å². The quantitative estimate of drug-likeness (QED) is 0.853. The first-order chi connectivity index (χ1) is 8.65. The number of rotatable bonds is 4. The molecule has 1 atom stereocenters. The lowest BCUT2D eigenvalue weighted by Gasteiger charge is -2.34. The lowest BCUT2D eigenvalue weighted by atomic mass is 10.1. The second kappa shape index (κ2) is 5.82. The van der Waals surface area contributed by atoms with E-state index in [1.54, 1.807) is 0 Å². The fraction of sp³-hybridized carbons (Fsp3) is 0.769. The Labute approximate surface area is 109 Å². The van der Waals surface area contributed by atoms with Crippen LogP contribution in [0, 0.1) is 13.8 Å². The molecule has 2 rings (SSSR count). The van der Waals surface area contributed by atoms with Crippen LogP contribution < -0.4 is 5.32 Å². The van der Waals surface area contributed by atoms with Crippen LogP contribution in [0.4, 0.5) is 0 Å². The van der Waals surface area contributed by atoms with Crippen LogP contribution in [0.1, 0.15) is 23.3 Å². The summed E-state index contributed by atoms with van der Waals surface area (Å²) in [6.07, 6.45) is 0. The van der Waals surface area contributed by atoms with E-state index >= 15 is 0 Å². The van der Waals surface area contributed by atoms with Crippen molar-refractivity contribution in [3.05, 3.63) is 17.2 Å². The van der Waals surface area contributed by atoms with Crippen LogP contribution >= 0.6 is 0 Å². The van der Waals surface area contributed by atoms with Crippen molar-refractivity contribution in [2.45, 2.75) is 19.9 Å². The molecule has 5 heteroatoms. The van der Waals surface area contributed by atoms with Gasteiger partial charge in [-0.3, -0.25) is 4.90 Å². The monoisotopic (exact) mass is 252 g/mol. The minimum Gasteiger partial charge on any atom is -0.379 e. The molecule has 1 N–H and O–H groups in total. The minimum atomic E-state index is 0.346. The molecule has 102 valence electrons. The van der Waals surface area contributed by atoms with Gasteiger partial charge in [-0.2, -0.15) is 0 Å². The Hall–Kier alpha value is -0.910. The smallest absolute Gasteiger partial charge is 0.105 e. The summed E-state index contributed by atoms with van der Waals surface area (Å²) < 4.78 is 7.60. The molecule has 5 nitrogen and oxygen atoms in total. The van der Waals surface area contributed by atoms with Crippen LogP contribution in [0.5, 0.6) is 0 Å². The third-order valence-corrected chi connectivity index (χ3v) is 3.84. The van der Waals surface area contributed by atoms with E-state index in [1.165, 1.54) is 11.4 Å². The molecule has 1 saturated heterocycles. The van der Waals surface area contributed by atoms with Crippen molar-refractivity contribution >= 4 is 0 Å². The molecule has 0 bridgehead atoms. The van der Waals surface area contributed by atoms with E-state index in [1.807, 2.05) is 7.05 Å². The average molecular weight is 252 g/mol. The molecule has 0 spiro atoms. The first-order valence-electron chi connectivity index (χ1n) is 6.61. The number of aryl methyl sites for hydroxylation is 1. The van der Waals surface area contributed by atoms with Gasteiger partial charge in [-0.05, 0) is 20.9 Å². The fourth-order valence-corrected chi connectivity index (χ4v) is 2.54. The first-order valence-corrected chi connectivity index (χ1v) is 6.61. The van der Waals surface area contributed by atoms with Crippen LogP contribution in [0.15, 0.2) is 0 Å². The number of nitrogens with zero attached hydrogens (tertiary/aromatic N) is 3. The Bertz CT molecular complexity index is 396. The molecule has 18 heavy (non-hydrogen) atoms. The Kier molecular flexibility index (Phi) is 4.37. The zero-order chi connectivity index (χ0) is 13.1. The summed E-state index contributed by atoms with van der Waals surface area (Å²) in [5.74, 6) is 1.08. The zero-order valence-electron chi connectivity index (χ0n) is 11.9. The van der Waals surface area contributed by atoms with Gasteiger partial charge in [-0.1, -0.05) is 0 Å². The lowest BCUT2D eigenvalue weighted by molar-refractivity contribution is 0.0156. The highest BCUT2D eigenvalue weighted by molar-refractivity contribution is 5.19. The fourth-order valence-electron chi connectivity index (χ4n) is 2.54. The molecule has 0 saturated carbocycles. The van der Waals surface area contributed by atoms with E-state index in [4.69, 9.17) is 9.72 Å². The molecule has 0 radical (unpaired) electrons. The lowest BCUT2D eigenvalue weighted by Crippen LogP contribution is -2.42. The summed E-state index contributed by atoms with van der Waals surface area (Å²) in [6.45, 7) is 8.76. The Morgan fingerprint density at radius 1 is 1.33 bits per heavy atom. The number of imidazole rings is 1. The second-order valence-electron chi connectivity index (χ2n) is 4.91. The summed E-state index contributed by atoms with van der Waals surface area (Å²) in [5.41, 5.74) is 2.46. The molecule has 1 aliphatic rings. The Morgan fingerprint density at radius 3 is 2.50 bits per heavy atom. The molecular weight excluding hydrogens is 228 g/mol. The normalized spacial score (nSPS) is 19.1. The third kappa shape index (κ3) is 2.58. The predicted octanol–water partition coefficient (Wildman–Crippen LogP) is 0.630. The van der Waals surface area contributed by atoms with E-state index in [0.29, 0.717) is 6.04 Å². The maximum absolute atomic E-state index is 5.44. The highest BCUT2D eigenvalue weighted by atomic mass is 16.5. The maximum Gasteiger partial charge on any atom is 0.105 e. The second-order valence-corrected chi connectivity index (χ2v) is 4.91. The molecule has 1 aliphatic heterocycles. The molecule has 1 aromatic rings. The summed E-state index contributed by atoms with van der Waals surface area (Å²) in [7, 11) is 4.08. The van der Waals surface area contributed by atoms with E-state index in [-0.39, 0.29) is 0 Å². The van der Waals surface area contributed by atoms with Crippen LogP contribution in [-0.2, 0) is 11.8 Å². The van der Waals surface area contributed by atoms with E-state index < -0.39 is 0 Å². The Morgan fingerprint density at radius 2 is 2.00 bits per heavy atom. The standard InChI is InChI=1S/C13H24N4O/c1-10-13(15-11(2)16(10)4)12(9-14-3)17-5-7-18-8-6-17/h12,14H,5-9H2,1-4H3. The van der Waals surface area contributed by atoms with Crippen LogP contribution in [0.2, 0.25) is 0 Å². The van der Waals surface area contributed by atoms with E-state index in [2.05, 4.69) is 35.7 Å². The van der Waals surface area contributed by atoms with Crippen molar-refractivity contribution in [2.75, 3.05) is 39.9 Å². The highest BCUT2D eigenvalue weighted by Gasteiger charge is 2.26.